The minimum Gasteiger partial charge on any atom is -0.337 e. The minimum absolute atomic E-state index is 0.169. The average molecular weight is 139 g/mol. The van der Waals surface area contributed by atoms with Gasteiger partial charge in [0, 0.05) is 19.5 Å². The Hall–Kier alpha value is -0.790. The van der Waals surface area contributed by atoms with Gasteiger partial charge in [-0.25, -0.2) is 0 Å². The van der Waals surface area contributed by atoms with Gasteiger partial charge in [-0.2, -0.15) is 0 Å². The summed E-state index contributed by atoms with van der Waals surface area (Å²) in [7, 11) is 0. The second-order valence-corrected chi connectivity index (χ2v) is 2.66. The van der Waals surface area contributed by atoms with E-state index in [9.17, 15) is 4.79 Å². The van der Waals surface area contributed by atoms with Crippen molar-refractivity contribution in [3.05, 3.63) is 12.7 Å². The molecule has 2 nitrogen and oxygen atoms in total. The van der Waals surface area contributed by atoms with Crippen molar-refractivity contribution in [1.82, 2.24) is 4.90 Å². The largest absolute Gasteiger partial charge is 0.337 e. The van der Waals surface area contributed by atoms with Gasteiger partial charge in [0.05, 0.1) is 0 Å². The van der Waals surface area contributed by atoms with Crippen LogP contribution in [0.25, 0.3) is 0 Å². The van der Waals surface area contributed by atoms with Crippen molar-refractivity contribution in [2.75, 3.05) is 6.54 Å². The Morgan fingerprint density at radius 3 is 2.90 bits per heavy atom. The van der Waals surface area contributed by atoms with Crippen molar-refractivity contribution in [2.24, 2.45) is 0 Å². The summed E-state index contributed by atoms with van der Waals surface area (Å²) in [6.07, 6.45) is 4.06. The van der Waals surface area contributed by atoms with E-state index in [-0.39, 0.29) is 5.91 Å². The van der Waals surface area contributed by atoms with Gasteiger partial charge in [-0.1, -0.05) is 6.08 Å². The molecular formula is C8H13NO. The number of nitrogens with zero attached hydrogens (tertiary/aromatic N) is 1. The van der Waals surface area contributed by atoms with Gasteiger partial charge in [-0.05, 0) is 12.8 Å². The Morgan fingerprint density at radius 2 is 2.50 bits per heavy atom. The van der Waals surface area contributed by atoms with Gasteiger partial charge >= 0.3 is 0 Å². The number of likely N-dealkylation sites (tertiary alicyclic amines) is 1. The maximum Gasteiger partial charge on any atom is 0.219 e. The summed E-state index contributed by atoms with van der Waals surface area (Å²) in [5, 5.41) is 0. The molecule has 56 valence electrons. The van der Waals surface area contributed by atoms with Gasteiger partial charge in [0.2, 0.25) is 5.91 Å². The molecule has 1 rings (SSSR count). The van der Waals surface area contributed by atoms with Gasteiger partial charge in [0.15, 0.2) is 0 Å². The van der Waals surface area contributed by atoms with E-state index in [1.165, 1.54) is 0 Å². The van der Waals surface area contributed by atoms with Crippen LogP contribution in [-0.4, -0.2) is 23.4 Å². The fourth-order valence-electron chi connectivity index (χ4n) is 1.43. The molecule has 1 fully saturated rings. The number of hydrogen-bond acceptors (Lipinski definition) is 1. The summed E-state index contributed by atoms with van der Waals surface area (Å²) in [6.45, 7) is 6.20. The third kappa shape index (κ3) is 1.20. The average Bonchev–Trinajstić information content (AvgIpc) is 2.33. The highest BCUT2D eigenvalue weighted by Crippen LogP contribution is 2.17. The fourth-order valence-corrected chi connectivity index (χ4v) is 1.43. The van der Waals surface area contributed by atoms with Crippen molar-refractivity contribution >= 4 is 5.91 Å². The lowest BCUT2D eigenvalue weighted by molar-refractivity contribution is -0.128. The van der Waals surface area contributed by atoms with Crippen LogP contribution in [0.3, 0.4) is 0 Å². The number of carbonyl (C=O) groups is 1. The molecule has 10 heavy (non-hydrogen) atoms. The first-order valence-electron chi connectivity index (χ1n) is 3.65. The van der Waals surface area contributed by atoms with Crippen molar-refractivity contribution in [3.8, 4) is 0 Å². The molecular weight excluding hydrogens is 126 g/mol. The predicted octanol–water partition coefficient (Wildman–Crippen LogP) is 1.18. The van der Waals surface area contributed by atoms with Crippen LogP contribution in [-0.2, 0) is 4.79 Å². The lowest BCUT2D eigenvalue weighted by Gasteiger charge is -2.19. The second-order valence-electron chi connectivity index (χ2n) is 2.66. The van der Waals surface area contributed by atoms with Crippen LogP contribution in [0.5, 0.6) is 0 Å². The molecule has 2 heteroatoms. The standard InChI is InChI=1S/C8H13NO/c1-3-8-5-4-6-9(8)7(2)10/h3,8H,1,4-6H2,2H3. The first kappa shape index (κ1) is 7.32. The monoisotopic (exact) mass is 139 g/mol. The van der Waals surface area contributed by atoms with E-state index in [4.69, 9.17) is 0 Å². The minimum atomic E-state index is 0.169. The summed E-state index contributed by atoms with van der Waals surface area (Å²) in [5.41, 5.74) is 0. The molecule has 1 aliphatic rings. The Labute approximate surface area is 61.5 Å². The number of hydrogen-bond donors (Lipinski definition) is 0. The normalized spacial score (nSPS) is 24.9. The summed E-state index contributed by atoms with van der Waals surface area (Å²) in [6, 6.07) is 0.303. The molecule has 0 aromatic heterocycles. The van der Waals surface area contributed by atoms with E-state index in [1.807, 2.05) is 11.0 Å². The van der Waals surface area contributed by atoms with Gasteiger partial charge in [0.25, 0.3) is 0 Å². The van der Waals surface area contributed by atoms with Gasteiger partial charge < -0.3 is 4.90 Å². The third-order valence-corrected chi connectivity index (χ3v) is 1.98. The SMILES string of the molecule is C=CC1CCCN1C(C)=O. The molecule has 0 radical (unpaired) electrons. The summed E-state index contributed by atoms with van der Waals surface area (Å²) < 4.78 is 0. The first-order valence-corrected chi connectivity index (χ1v) is 3.65. The van der Waals surface area contributed by atoms with E-state index < -0.39 is 0 Å². The maximum atomic E-state index is 10.9. The maximum absolute atomic E-state index is 10.9. The van der Waals surface area contributed by atoms with E-state index in [2.05, 4.69) is 6.58 Å². The van der Waals surface area contributed by atoms with Crippen molar-refractivity contribution < 1.29 is 4.79 Å². The Morgan fingerprint density at radius 1 is 1.80 bits per heavy atom. The molecule has 0 aromatic rings. The van der Waals surface area contributed by atoms with Crippen molar-refractivity contribution in [3.63, 3.8) is 0 Å². The molecule has 1 heterocycles. The molecule has 1 saturated heterocycles. The molecule has 1 unspecified atom stereocenters. The molecule has 1 atom stereocenters. The number of rotatable bonds is 1. The summed E-state index contributed by atoms with van der Waals surface area (Å²) in [5.74, 6) is 0.169. The predicted molar refractivity (Wildman–Crippen MR) is 40.6 cm³/mol. The van der Waals surface area contributed by atoms with Crippen LogP contribution < -0.4 is 0 Å². The molecule has 1 amide bonds. The van der Waals surface area contributed by atoms with Crippen LogP contribution in [0, 0.1) is 0 Å². The smallest absolute Gasteiger partial charge is 0.219 e. The topological polar surface area (TPSA) is 20.3 Å². The zero-order chi connectivity index (χ0) is 7.56. The van der Waals surface area contributed by atoms with E-state index in [0.717, 1.165) is 19.4 Å². The fraction of sp³-hybridized carbons (Fsp3) is 0.625. The number of amides is 1. The van der Waals surface area contributed by atoms with Crippen LogP contribution in [0.2, 0.25) is 0 Å². The highest BCUT2D eigenvalue weighted by molar-refractivity contribution is 5.74. The van der Waals surface area contributed by atoms with Gasteiger partial charge in [-0.15, -0.1) is 6.58 Å². The van der Waals surface area contributed by atoms with Gasteiger partial charge in [-0.3, -0.25) is 4.79 Å². The van der Waals surface area contributed by atoms with Crippen LogP contribution in [0.1, 0.15) is 19.8 Å². The van der Waals surface area contributed by atoms with E-state index in [1.54, 1.807) is 6.92 Å². The lowest BCUT2D eigenvalue weighted by atomic mass is 10.2. The number of carbonyl (C=O) groups excluding carboxylic acids is 1. The highest BCUT2D eigenvalue weighted by atomic mass is 16.2. The summed E-state index contributed by atoms with van der Waals surface area (Å²) in [4.78, 5) is 12.8. The molecule has 0 spiro atoms. The molecule has 1 aliphatic heterocycles. The van der Waals surface area contributed by atoms with Gasteiger partial charge in [0.1, 0.15) is 0 Å². The lowest BCUT2D eigenvalue weighted by Crippen LogP contribution is -2.31. The Bertz CT molecular complexity index is 153. The van der Waals surface area contributed by atoms with Crippen LogP contribution in [0.15, 0.2) is 12.7 Å². The van der Waals surface area contributed by atoms with Crippen molar-refractivity contribution in [1.29, 1.82) is 0 Å². The van der Waals surface area contributed by atoms with Crippen molar-refractivity contribution in [2.45, 2.75) is 25.8 Å². The molecule has 0 N–H and O–H groups in total. The molecule has 0 aliphatic carbocycles. The van der Waals surface area contributed by atoms with E-state index >= 15 is 0 Å². The van der Waals surface area contributed by atoms with Crippen LogP contribution in [0.4, 0.5) is 0 Å². The van der Waals surface area contributed by atoms with Crippen LogP contribution >= 0.6 is 0 Å². The Kier molecular flexibility index (Phi) is 2.10. The zero-order valence-electron chi connectivity index (χ0n) is 6.34. The summed E-state index contributed by atoms with van der Waals surface area (Å²) >= 11 is 0. The first-order chi connectivity index (χ1) is 4.75. The molecule has 0 bridgehead atoms. The highest BCUT2D eigenvalue weighted by Gasteiger charge is 2.22. The Balaban J connectivity index is 2.58. The quantitative estimate of drug-likeness (QED) is 0.499. The molecule has 0 aromatic carbocycles. The third-order valence-electron chi connectivity index (χ3n) is 1.98. The second kappa shape index (κ2) is 2.86. The zero-order valence-corrected chi connectivity index (χ0v) is 6.34. The molecule has 0 saturated carbocycles. The van der Waals surface area contributed by atoms with E-state index in [0.29, 0.717) is 6.04 Å².